The van der Waals surface area contributed by atoms with E-state index in [2.05, 4.69) is 4.98 Å². The van der Waals surface area contributed by atoms with Crippen LogP contribution in [0.1, 0.15) is 53.7 Å². The molecule has 1 N–H and O–H groups in total. The monoisotopic (exact) mass is 308 g/mol. The van der Waals surface area contributed by atoms with Gasteiger partial charge in [-0.3, -0.25) is 9.59 Å². The van der Waals surface area contributed by atoms with Crippen LogP contribution in [0.3, 0.4) is 0 Å². The van der Waals surface area contributed by atoms with Crippen LogP contribution in [-0.2, 0) is 4.79 Å². The van der Waals surface area contributed by atoms with Gasteiger partial charge in [0.25, 0.3) is 5.91 Å². The van der Waals surface area contributed by atoms with Gasteiger partial charge in [0.15, 0.2) is 0 Å². The first-order chi connectivity index (χ1) is 9.94. The second-order valence-electron chi connectivity index (χ2n) is 6.45. The number of hydrogen-bond donors (Lipinski definition) is 1. The summed E-state index contributed by atoms with van der Waals surface area (Å²) in [6, 6.07) is 0. The average molecular weight is 308 g/mol. The molecule has 1 aliphatic heterocycles. The van der Waals surface area contributed by atoms with Crippen molar-refractivity contribution >= 4 is 23.2 Å². The van der Waals surface area contributed by atoms with Gasteiger partial charge in [-0.05, 0) is 18.8 Å². The standard InChI is InChI=1S/C15H20N2O3S/c1-9(2)12-16-6-11(21-12)13(18)17-7-10-4-3-5-15(10,8-17)14(19)20/h6,9-10H,3-5,7-8H2,1-2H3,(H,19,20)/t10-,15+/m0/s1. The van der Waals surface area contributed by atoms with E-state index in [1.807, 2.05) is 13.8 Å². The molecule has 0 radical (unpaired) electrons. The molecule has 2 heterocycles. The van der Waals surface area contributed by atoms with E-state index in [0.717, 1.165) is 17.8 Å². The number of rotatable bonds is 3. The van der Waals surface area contributed by atoms with Gasteiger partial charge in [-0.2, -0.15) is 0 Å². The minimum absolute atomic E-state index is 0.0607. The van der Waals surface area contributed by atoms with E-state index in [4.69, 9.17) is 0 Å². The highest BCUT2D eigenvalue weighted by atomic mass is 32.1. The van der Waals surface area contributed by atoms with Crippen molar-refractivity contribution < 1.29 is 14.7 Å². The summed E-state index contributed by atoms with van der Waals surface area (Å²) in [4.78, 5) is 30.9. The van der Waals surface area contributed by atoms with Crippen LogP contribution in [0.5, 0.6) is 0 Å². The zero-order valence-corrected chi connectivity index (χ0v) is 13.2. The third-order valence-electron chi connectivity index (χ3n) is 4.81. The van der Waals surface area contributed by atoms with Crippen LogP contribution >= 0.6 is 11.3 Å². The topological polar surface area (TPSA) is 70.5 Å². The van der Waals surface area contributed by atoms with E-state index in [1.54, 1.807) is 11.1 Å². The fraction of sp³-hybridized carbons (Fsp3) is 0.667. The molecule has 6 heteroatoms. The third-order valence-corrected chi connectivity index (χ3v) is 6.10. The van der Waals surface area contributed by atoms with Crippen molar-refractivity contribution in [3.63, 3.8) is 0 Å². The molecule has 1 amide bonds. The minimum atomic E-state index is -0.743. The van der Waals surface area contributed by atoms with Gasteiger partial charge < -0.3 is 10.0 Å². The summed E-state index contributed by atoms with van der Waals surface area (Å²) in [5.74, 6) is -0.391. The Morgan fingerprint density at radius 3 is 2.86 bits per heavy atom. The maximum atomic E-state index is 12.6. The second-order valence-corrected chi connectivity index (χ2v) is 7.52. The maximum absolute atomic E-state index is 12.6. The van der Waals surface area contributed by atoms with Crippen LogP contribution in [0.15, 0.2) is 6.20 Å². The molecule has 21 heavy (non-hydrogen) atoms. The molecule has 2 fully saturated rings. The van der Waals surface area contributed by atoms with Gasteiger partial charge in [0.1, 0.15) is 4.88 Å². The van der Waals surface area contributed by atoms with Gasteiger partial charge in [0.05, 0.1) is 16.6 Å². The Balaban J connectivity index is 1.79. The summed E-state index contributed by atoms with van der Waals surface area (Å²) in [7, 11) is 0. The third kappa shape index (κ3) is 2.25. The van der Waals surface area contributed by atoms with Crippen molar-refractivity contribution in [1.82, 2.24) is 9.88 Å². The minimum Gasteiger partial charge on any atom is -0.481 e. The molecule has 0 aromatic carbocycles. The SMILES string of the molecule is CC(C)c1ncc(C(=O)N2C[C@@H]3CCC[C@@]3(C(=O)O)C2)s1. The molecule has 3 rings (SSSR count). The van der Waals surface area contributed by atoms with Crippen LogP contribution in [0.2, 0.25) is 0 Å². The molecule has 1 aromatic heterocycles. The Morgan fingerprint density at radius 1 is 1.52 bits per heavy atom. The molecule has 0 unspecified atom stereocenters. The van der Waals surface area contributed by atoms with Crippen LogP contribution in [0.25, 0.3) is 0 Å². The smallest absolute Gasteiger partial charge is 0.311 e. The van der Waals surface area contributed by atoms with E-state index in [0.29, 0.717) is 30.3 Å². The van der Waals surface area contributed by atoms with Crippen LogP contribution in [0.4, 0.5) is 0 Å². The summed E-state index contributed by atoms with van der Waals surface area (Å²) in [6.07, 6.45) is 4.19. The number of thiazole rings is 1. The Kier molecular flexibility index (Phi) is 3.51. The fourth-order valence-corrected chi connectivity index (χ4v) is 4.49. The van der Waals surface area contributed by atoms with Gasteiger partial charge in [-0.15, -0.1) is 11.3 Å². The summed E-state index contributed by atoms with van der Waals surface area (Å²) >= 11 is 1.42. The molecule has 2 aliphatic rings. The summed E-state index contributed by atoms with van der Waals surface area (Å²) in [6.45, 7) is 5.01. The Bertz CT molecular complexity index is 583. The predicted molar refractivity (Wildman–Crippen MR) is 79.5 cm³/mol. The summed E-state index contributed by atoms with van der Waals surface area (Å²) in [5, 5.41) is 10.5. The van der Waals surface area contributed by atoms with Crippen molar-refractivity contribution in [3.8, 4) is 0 Å². The first kappa shape index (κ1) is 14.5. The summed E-state index contributed by atoms with van der Waals surface area (Å²) in [5.41, 5.74) is -0.707. The molecule has 1 aromatic rings. The molecular weight excluding hydrogens is 288 g/mol. The quantitative estimate of drug-likeness (QED) is 0.931. The van der Waals surface area contributed by atoms with E-state index < -0.39 is 11.4 Å². The van der Waals surface area contributed by atoms with Gasteiger partial charge in [0, 0.05) is 19.0 Å². The summed E-state index contributed by atoms with van der Waals surface area (Å²) < 4.78 is 0. The van der Waals surface area contributed by atoms with Gasteiger partial charge in [0.2, 0.25) is 0 Å². The van der Waals surface area contributed by atoms with Crippen molar-refractivity contribution in [2.75, 3.05) is 13.1 Å². The van der Waals surface area contributed by atoms with Crippen LogP contribution in [0, 0.1) is 11.3 Å². The number of amides is 1. The molecule has 114 valence electrons. The normalized spacial score (nSPS) is 28.1. The van der Waals surface area contributed by atoms with E-state index in [1.165, 1.54) is 11.3 Å². The zero-order valence-electron chi connectivity index (χ0n) is 12.3. The lowest BCUT2D eigenvalue weighted by Crippen LogP contribution is -2.37. The number of nitrogens with zero attached hydrogens (tertiary/aromatic N) is 2. The van der Waals surface area contributed by atoms with E-state index in [-0.39, 0.29) is 11.8 Å². The van der Waals surface area contributed by atoms with Gasteiger partial charge in [-0.25, -0.2) is 4.98 Å². The molecule has 0 spiro atoms. The maximum Gasteiger partial charge on any atom is 0.311 e. The van der Waals surface area contributed by atoms with Crippen LogP contribution < -0.4 is 0 Å². The number of carboxylic acids is 1. The number of likely N-dealkylation sites (tertiary alicyclic amines) is 1. The largest absolute Gasteiger partial charge is 0.481 e. The molecule has 5 nitrogen and oxygen atoms in total. The predicted octanol–water partition coefficient (Wildman–Crippen LogP) is 2.59. The molecule has 1 saturated heterocycles. The highest BCUT2D eigenvalue weighted by Crippen LogP contribution is 2.49. The Morgan fingerprint density at radius 2 is 2.29 bits per heavy atom. The molecule has 0 bridgehead atoms. The Labute approximate surface area is 128 Å². The molecule has 1 aliphatic carbocycles. The lowest BCUT2D eigenvalue weighted by Gasteiger charge is -2.23. The number of hydrogen-bond acceptors (Lipinski definition) is 4. The van der Waals surface area contributed by atoms with Crippen molar-refractivity contribution in [2.45, 2.75) is 39.0 Å². The fourth-order valence-electron chi connectivity index (χ4n) is 3.60. The zero-order chi connectivity index (χ0) is 15.2. The van der Waals surface area contributed by atoms with Crippen molar-refractivity contribution in [2.24, 2.45) is 11.3 Å². The lowest BCUT2D eigenvalue weighted by molar-refractivity contribution is -0.149. The average Bonchev–Trinajstić information content (AvgIpc) is 3.11. The highest BCUT2D eigenvalue weighted by Gasteiger charge is 2.55. The highest BCUT2D eigenvalue weighted by molar-refractivity contribution is 7.13. The molecule has 1 saturated carbocycles. The van der Waals surface area contributed by atoms with Crippen molar-refractivity contribution in [1.29, 1.82) is 0 Å². The molecule has 2 atom stereocenters. The van der Waals surface area contributed by atoms with E-state index in [9.17, 15) is 14.7 Å². The van der Waals surface area contributed by atoms with Gasteiger partial charge >= 0.3 is 5.97 Å². The number of carbonyl (C=O) groups is 2. The number of aliphatic carboxylic acids is 1. The molecular formula is C15H20N2O3S. The van der Waals surface area contributed by atoms with Crippen LogP contribution in [-0.4, -0.2) is 40.0 Å². The lowest BCUT2D eigenvalue weighted by atomic mass is 9.81. The van der Waals surface area contributed by atoms with Crippen molar-refractivity contribution in [3.05, 3.63) is 16.1 Å². The first-order valence-corrected chi connectivity index (χ1v) is 8.24. The first-order valence-electron chi connectivity index (χ1n) is 7.42. The second kappa shape index (κ2) is 5.09. The number of fused-ring (bicyclic) bond motifs is 1. The number of carboxylic acid groups (broad SMARTS) is 1. The Hall–Kier alpha value is -1.43. The number of aromatic nitrogens is 1. The number of carbonyl (C=O) groups excluding carboxylic acids is 1. The van der Waals surface area contributed by atoms with E-state index >= 15 is 0 Å². The van der Waals surface area contributed by atoms with Gasteiger partial charge in [-0.1, -0.05) is 20.3 Å².